The normalized spacial score (nSPS) is 25.3. The molecule has 1 aliphatic rings. The van der Waals surface area contributed by atoms with Gasteiger partial charge >= 0.3 is 5.97 Å². The molecule has 6 nitrogen and oxygen atoms in total. The van der Waals surface area contributed by atoms with Crippen LogP contribution in [-0.4, -0.2) is 21.5 Å². The van der Waals surface area contributed by atoms with Crippen molar-refractivity contribution in [3.63, 3.8) is 0 Å². The summed E-state index contributed by atoms with van der Waals surface area (Å²) in [7, 11) is 0. The lowest BCUT2D eigenvalue weighted by molar-refractivity contribution is -0.384. The Morgan fingerprint density at radius 3 is 2.81 bits per heavy atom. The lowest BCUT2D eigenvalue weighted by Crippen LogP contribution is -2.49. The second-order valence-corrected chi connectivity index (χ2v) is 5.94. The Kier molecular flexibility index (Phi) is 4.16. The van der Waals surface area contributed by atoms with Crippen LogP contribution in [0.25, 0.3) is 0 Å². The van der Waals surface area contributed by atoms with Gasteiger partial charge in [-0.2, -0.15) is 0 Å². The van der Waals surface area contributed by atoms with E-state index in [4.69, 9.17) is 0 Å². The Morgan fingerprint density at radius 1 is 1.52 bits per heavy atom. The van der Waals surface area contributed by atoms with Crippen molar-refractivity contribution in [3.05, 3.63) is 33.9 Å². The van der Waals surface area contributed by atoms with Gasteiger partial charge in [0.15, 0.2) is 0 Å². The fourth-order valence-electron chi connectivity index (χ4n) is 3.12. The van der Waals surface area contributed by atoms with E-state index in [1.165, 1.54) is 6.07 Å². The molecule has 0 aliphatic heterocycles. The number of nitrogens with one attached hydrogen (secondary N) is 1. The summed E-state index contributed by atoms with van der Waals surface area (Å²) in [6.45, 7) is 3.77. The van der Waals surface area contributed by atoms with Crippen LogP contribution in [0.15, 0.2) is 18.2 Å². The van der Waals surface area contributed by atoms with Gasteiger partial charge in [0.05, 0.1) is 4.92 Å². The summed E-state index contributed by atoms with van der Waals surface area (Å²) < 4.78 is 0. The molecule has 1 aromatic rings. The van der Waals surface area contributed by atoms with Crippen LogP contribution >= 0.6 is 0 Å². The molecule has 6 heteroatoms. The third kappa shape index (κ3) is 2.99. The van der Waals surface area contributed by atoms with E-state index >= 15 is 0 Å². The van der Waals surface area contributed by atoms with Gasteiger partial charge in [-0.1, -0.05) is 31.9 Å². The lowest BCUT2D eigenvalue weighted by Gasteiger charge is -2.38. The molecule has 114 valence electrons. The van der Waals surface area contributed by atoms with Crippen molar-refractivity contribution in [1.82, 2.24) is 0 Å². The van der Waals surface area contributed by atoms with E-state index < -0.39 is 16.4 Å². The van der Waals surface area contributed by atoms with Gasteiger partial charge in [0.1, 0.15) is 11.2 Å². The maximum atomic E-state index is 11.8. The van der Waals surface area contributed by atoms with Crippen LogP contribution in [0.2, 0.25) is 0 Å². The molecule has 0 bridgehead atoms. The van der Waals surface area contributed by atoms with Crippen LogP contribution in [0.4, 0.5) is 11.4 Å². The number of hydrogen-bond donors (Lipinski definition) is 2. The summed E-state index contributed by atoms with van der Waals surface area (Å²) in [5.41, 5.74) is -0.190. The lowest BCUT2D eigenvalue weighted by atomic mass is 9.76. The molecule has 0 heterocycles. The number of rotatable bonds is 4. The molecule has 2 unspecified atom stereocenters. The van der Waals surface area contributed by atoms with E-state index in [-0.39, 0.29) is 11.6 Å². The third-order valence-electron chi connectivity index (χ3n) is 4.22. The van der Waals surface area contributed by atoms with Gasteiger partial charge in [-0.3, -0.25) is 10.1 Å². The van der Waals surface area contributed by atoms with Crippen molar-refractivity contribution in [1.29, 1.82) is 0 Å². The molecule has 0 saturated heterocycles. The number of nitrogens with zero attached hydrogens (tertiary/aromatic N) is 1. The van der Waals surface area contributed by atoms with E-state index in [0.717, 1.165) is 12.8 Å². The Morgan fingerprint density at radius 2 is 2.24 bits per heavy atom. The van der Waals surface area contributed by atoms with E-state index in [9.17, 15) is 20.0 Å². The predicted molar refractivity (Wildman–Crippen MR) is 79.5 cm³/mol. The second-order valence-electron chi connectivity index (χ2n) is 5.94. The summed E-state index contributed by atoms with van der Waals surface area (Å²) in [6, 6.07) is 4.75. The number of aliphatic carboxylic acids is 1. The number of nitro benzene ring substituents is 1. The highest BCUT2D eigenvalue weighted by Gasteiger charge is 2.43. The van der Waals surface area contributed by atoms with Crippen LogP contribution in [-0.2, 0) is 4.79 Å². The largest absolute Gasteiger partial charge is 0.480 e. The zero-order valence-corrected chi connectivity index (χ0v) is 12.3. The molecule has 2 rings (SSSR count). The number of carbonyl (C=O) groups is 1. The zero-order valence-electron chi connectivity index (χ0n) is 12.3. The fraction of sp³-hybridized carbons (Fsp3) is 0.533. The van der Waals surface area contributed by atoms with Crippen LogP contribution < -0.4 is 5.32 Å². The molecule has 1 saturated carbocycles. The average Bonchev–Trinajstić information content (AvgIpc) is 2.40. The van der Waals surface area contributed by atoms with Gasteiger partial charge in [0.25, 0.3) is 5.69 Å². The Hall–Kier alpha value is -2.11. The highest BCUT2D eigenvalue weighted by molar-refractivity contribution is 5.85. The van der Waals surface area contributed by atoms with Crippen molar-refractivity contribution in [3.8, 4) is 0 Å². The standard InChI is InChI=1S/C15H20N2O4/c1-10-5-4-8-15(9-10,14(18)19)16-13-11(2)6-3-7-12(13)17(20)21/h3,6-7,10,16H,4-5,8-9H2,1-2H3,(H,18,19). The molecule has 2 atom stereocenters. The number of aryl methyl sites for hydroxylation is 1. The van der Waals surface area contributed by atoms with Gasteiger partial charge in [-0.25, -0.2) is 4.79 Å². The Bertz CT molecular complexity index is 573. The fourth-order valence-corrected chi connectivity index (χ4v) is 3.12. The summed E-state index contributed by atoms with van der Waals surface area (Å²) in [5.74, 6) is -0.656. The van der Waals surface area contributed by atoms with Crippen LogP contribution in [0.1, 0.15) is 38.2 Å². The van der Waals surface area contributed by atoms with Gasteiger partial charge < -0.3 is 10.4 Å². The quantitative estimate of drug-likeness (QED) is 0.655. The minimum atomic E-state index is -1.12. The van der Waals surface area contributed by atoms with Crippen molar-refractivity contribution < 1.29 is 14.8 Å². The zero-order chi connectivity index (χ0) is 15.6. The minimum absolute atomic E-state index is 0.0751. The third-order valence-corrected chi connectivity index (χ3v) is 4.22. The van der Waals surface area contributed by atoms with Crippen molar-refractivity contribution >= 4 is 17.3 Å². The molecule has 1 fully saturated rings. The number of carboxylic acids is 1. The highest BCUT2D eigenvalue weighted by Crippen LogP contribution is 2.38. The molecule has 0 amide bonds. The van der Waals surface area contributed by atoms with Crippen molar-refractivity contribution in [2.24, 2.45) is 5.92 Å². The Balaban J connectivity index is 2.43. The second kappa shape index (κ2) is 5.71. The Labute approximate surface area is 123 Å². The van der Waals surface area contributed by atoms with Gasteiger partial charge in [-0.15, -0.1) is 0 Å². The van der Waals surface area contributed by atoms with E-state index in [1.807, 2.05) is 6.92 Å². The van der Waals surface area contributed by atoms with Crippen molar-refractivity contribution in [2.75, 3.05) is 5.32 Å². The smallest absolute Gasteiger partial charge is 0.329 e. The number of nitro groups is 1. The number of anilines is 1. The predicted octanol–water partition coefficient (Wildman–Crippen LogP) is 3.35. The number of carboxylic acid groups (broad SMARTS) is 1. The summed E-state index contributed by atoms with van der Waals surface area (Å²) in [5, 5.41) is 23.8. The van der Waals surface area contributed by atoms with Gasteiger partial charge in [0.2, 0.25) is 0 Å². The maximum absolute atomic E-state index is 11.8. The van der Waals surface area contributed by atoms with Crippen LogP contribution in [0.3, 0.4) is 0 Å². The molecular weight excluding hydrogens is 272 g/mol. The van der Waals surface area contributed by atoms with Gasteiger partial charge in [-0.05, 0) is 31.2 Å². The topological polar surface area (TPSA) is 92.5 Å². The first-order valence-electron chi connectivity index (χ1n) is 7.11. The molecule has 1 aromatic carbocycles. The number of benzene rings is 1. The average molecular weight is 292 g/mol. The highest BCUT2D eigenvalue weighted by atomic mass is 16.6. The summed E-state index contributed by atoms with van der Waals surface area (Å²) in [6.07, 6.45) is 2.76. The van der Waals surface area contributed by atoms with Gasteiger partial charge in [0, 0.05) is 6.07 Å². The first-order valence-corrected chi connectivity index (χ1v) is 7.11. The molecule has 0 spiro atoms. The molecule has 0 radical (unpaired) electrons. The number of para-hydroxylation sites is 1. The van der Waals surface area contributed by atoms with Crippen LogP contribution in [0, 0.1) is 23.0 Å². The minimum Gasteiger partial charge on any atom is -0.480 e. The molecule has 21 heavy (non-hydrogen) atoms. The molecule has 2 N–H and O–H groups in total. The monoisotopic (exact) mass is 292 g/mol. The SMILES string of the molecule is Cc1cccc([N+](=O)[O-])c1NC1(C(=O)O)CCCC(C)C1. The van der Waals surface area contributed by atoms with E-state index in [1.54, 1.807) is 19.1 Å². The summed E-state index contributed by atoms with van der Waals surface area (Å²) >= 11 is 0. The van der Waals surface area contributed by atoms with E-state index in [2.05, 4.69) is 5.32 Å². The first-order chi connectivity index (χ1) is 9.85. The van der Waals surface area contributed by atoms with Crippen LogP contribution in [0.5, 0.6) is 0 Å². The first kappa shape index (κ1) is 15.3. The van der Waals surface area contributed by atoms with E-state index in [0.29, 0.717) is 24.1 Å². The maximum Gasteiger partial charge on any atom is 0.329 e. The molecular formula is C15H20N2O4. The number of hydrogen-bond acceptors (Lipinski definition) is 4. The van der Waals surface area contributed by atoms with Crippen molar-refractivity contribution in [2.45, 2.75) is 45.1 Å². The molecule has 1 aliphatic carbocycles. The summed E-state index contributed by atoms with van der Waals surface area (Å²) in [4.78, 5) is 22.5. The molecule has 0 aromatic heterocycles.